The van der Waals surface area contributed by atoms with E-state index < -0.39 is 11.7 Å². The summed E-state index contributed by atoms with van der Waals surface area (Å²) >= 11 is 2.60. The number of ketones is 1. The van der Waals surface area contributed by atoms with Crippen molar-refractivity contribution in [1.82, 2.24) is 4.98 Å². The Kier molecular flexibility index (Phi) is 5.22. The lowest BCUT2D eigenvalue weighted by Crippen LogP contribution is -2.36. The number of aromatic nitrogens is 1. The minimum Gasteiger partial charge on any atom is -0.378 e. The molecule has 28 heavy (non-hydrogen) atoms. The Balaban J connectivity index is 1.75. The number of carbonyl (C=O) groups is 1. The lowest BCUT2D eigenvalue weighted by Gasteiger charge is -2.26. The number of nitrogens with zero attached hydrogens (tertiary/aromatic N) is 2. The van der Waals surface area contributed by atoms with Crippen LogP contribution in [0, 0.1) is 0 Å². The number of carbonyl (C=O) groups excluding carboxylic acids is 1. The number of hydrogen-bond donors (Lipinski definition) is 0. The van der Waals surface area contributed by atoms with E-state index in [1.54, 1.807) is 12.1 Å². The van der Waals surface area contributed by atoms with Crippen LogP contribution in [0.1, 0.15) is 20.1 Å². The van der Waals surface area contributed by atoms with E-state index in [0.717, 1.165) is 12.1 Å². The van der Waals surface area contributed by atoms with Gasteiger partial charge in [-0.05, 0) is 23.6 Å². The predicted octanol–water partition coefficient (Wildman–Crippen LogP) is 4.96. The first-order valence-electron chi connectivity index (χ1n) is 8.53. The van der Waals surface area contributed by atoms with Gasteiger partial charge < -0.3 is 9.64 Å². The second-order valence-electron chi connectivity index (χ2n) is 6.16. The number of benzene rings is 1. The van der Waals surface area contributed by atoms with E-state index in [-0.39, 0.29) is 5.78 Å². The number of anilines is 1. The van der Waals surface area contributed by atoms with Crippen molar-refractivity contribution in [3.8, 4) is 11.3 Å². The summed E-state index contributed by atoms with van der Waals surface area (Å²) in [7, 11) is 0. The van der Waals surface area contributed by atoms with Gasteiger partial charge in [0.05, 0.1) is 29.3 Å². The molecular weight excluding hydrogens is 409 g/mol. The lowest BCUT2D eigenvalue weighted by molar-refractivity contribution is -0.137. The third kappa shape index (κ3) is 3.82. The van der Waals surface area contributed by atoms with Crippen LogP contribution in [0.5, 0.6) is 0 Å². The van der Waals surface area contributed by atoms with Crippen LogP contribution in [0.2, 0.25) is 0 Å². The Hall–Kier alpha value is -2.23. The molecule has 0 atom stereocenters. The van der Waals surface area contributed by atoms with E-state index >= 15 is 0 Å². The summed E-state index contributed by atoms with van der Waals surface area (Å²) < 4.78 is 44.0. The molecule has 0 saturated carbocycles. The maximum absolute atomic E-state index is 13.0. The van der Waals surface area contributed by atoms with Gasteiger partial charge in [-0.2, -0.15) is 13.2 Å². The zero-order valence-corrected chi connectivity index (χ0v) is 16.2. The van der Waals surface area contributed by atoms with Crippen LogP contribution < -0.4 is 4.90 Å². The first-order chi connectivity index (χ1) is 13.4. The molecule has 3 heterocycles. The summed E-state index contributed by atoms with van der Waals surface area (Å²) in [6.45, 7) is 2.46. The summed E-state index contributed by atoms with van der Waals surface area (Å²) in [6, 6.07) is 8.29. The van der Waals surface area contributed by atoms with Crippen molar-refractivity contribution < 1.29 is 22.7 Å². The van der Waals surface area contributed by atoms with Crippen LogP contribution in [0.4, 0.5) is 18.3 Å². The lowest BCUT2D eigenvalue weighted by atomic mass is 10.1. The second-order valence-corrected chi connectivity index (χ2v) is 8.08. The predicted molar refractivity (Wildman–Crippen MR) is 103 cm³/mol. The molecule has 0 bridgehead atoms. The molecule has 9 heteroatoms. The summed E-state index contributed by atoms with van der Waals surface area (Å²) in [4.78, 5) is 20.6. The molecule has 1 aliphatic rings. The SMILES string of the molecule is O=C(c1cccs1)c1sc(N2CCOCC2)nc1-c1ccc(C(F)(F)F)cc1. The molecule has 4 nitrogen and oxygen atoms in total. The molecule has 1 aliphatic heterocycles. The van der Waals surface area contributed by atoms with Gasteiger partial charge in [-0.15, -0.1) is 11.3 Å². The van der Waals surface area contributed by atoms with E-state index in [4.69, 9.17) is 4.74 Å². The molecule has 0 spiro atoms. The van der Waals surface area contributed by atoms with Gasteiger partial charge >= 0.3 is 6.18 Å². The topological polar surface area (TPSA) is 42.4 Å². The Morgan fingerprint density at radius 2 is 1.82 bits per heavy atom. The van der Waals surface area contributed by atoms with E-state index in [1.807, 2.05) is 10.3 Å². The van der Waals surface area contributed by atoms with E-state index in [1.165, 1.54) is 34.8 Å². The molecule has 4 rings (SSSR count). The molecule has 1 fully saturated rings. The molecule has 1 aromatic carbocycles. The Morgan fingerprint density at radius 3 is 2.43 bits per heavy atom. The number of hydrogen-bond acceptors (Lipinski definition) is 6. The van der Waals surface area contributed by atoms with Crippen molar-refractivity contribution >= 4 is 33.6 Å². The van der Waals surface area contributed by atoms with Gasteiger partial charge in [-0.1, -0.05) is 29.5 Å². The van der Waals surface area contributed by atoms with Crippen molar-refractivity contribution in [3.05, 3.63) is 57.1 Å². The molecule has 0 aliphatic carbocycles. The summed E-state index contributed by atoms with van der Waals surface area (Å²) in [5, 5.41) is 2.49. The molecule has 0 N–H and O–H groups in total. The Bertz CT molecular complexity index is 960. The fraction of sp³-hybridized carbons (Fsp3) is 0.263. The first kappa shape index (κ1) is 19.1. The fourth-order valence-electron chi connectivity index (χ4n) is 2.89. The van der Waals surface area contributed by atoms with Crippen LogP contribution in [-0.4, -0.2) is 37.1 Å². The molecule has 0 amide bonds. The highest BCUT2D eigenvalue weighted by Crippen LogP contribution is 2.37. The monoisotopic (exact) mass is 424 g/mol. The summed E-state index contributed by atoms with van der Waals surface area (Å²) in [6.07, 6.45) is -4.41. The Morgan fingerprint density at radius 1 is 1.11 bits per heavy atom. The van der Waals surface area contributed by atoms with Gasteiger partial charge in [0, 0.05) is 18.7 Å². The molecular formula is C19H15F3N2O2S2. The number of halogens is 3. The van der Waals surface area contributed by atoms with Crippen molar-refractivity contribution in [3.63, 3.8) is 0 Å². The zero-order valence-electron chi connectivity index (χ0n) is 14.5. The third-order valence-corrected chi connectivity index (χ3v) is 6.32. The van der Waals surface area contributed by atoms with Crippen molar-refractivity contribution in [2.45, 2.75) is 6.18 Å². The molecule has 146 valence electrons. The van der Waals surface area contributed by atoms with Gasteiger partial charge in [-0.25, -0.2) is 4.98 Å². The van der Waals surface area contributed by atoms with Gasteiger partial charge in [-0.3, -0.25) is 4.79 Å². The van der Waals surface area contributed by atoms with Gasteiger partial charge in [0.2, 0.25) is 5.78 Å². The summed E-state index contributed by atoms with van der Waals surface area (Å²) in [5.74, 6) is -0.165. The van der Waals surface area contributed by atoms with Crippen LogP contribution >= 0.6 is 22.7 Å². The van der Waals surface area contributed by atoms with E-state index in [0.29, 0.717) is 52.4 Å². The normalized spacial score (nSPS) is 15.0. The summed E-state index contributed by atoms with van der Waals surface area (Å²) in [5.41, 5.74) is 0.174. The standard InChI is InChI=1S/C19H15F3N2O2S2/c20-19(21,22)13-5-3-12(4-6-13)15-17(16(25)14-2-1-11-27-14)28-18(23-15)24-7-9-26-10-8-24/h1-6,11H,7-10H2. The maximum atomic E-state index is 13.0. The number of alkyl halides is 3. The third-order valence-electron chi connectivity index (χ3n) is 4.33. The highest BCUT2D eigenvalue weighted by molar-refractivity contribution is 7.19. The van der Waals surface area contributed by atoms with Crippen LogP contribution in [0.15, 0.2) is 41.8 Å². The molecule has 2 aromatic heterocycles. The number of thiophene rings is 1. The van der Waals surface area contributed by atoms with Crippen LogP contribution in [0.3, 0.4) is 0 Å². The molecule has 1 saturated heterocycles. The number of ether oxygens (including phenoxy) is 1. The highest BCUT2D eigenvalue weighted by Gasteiger charge is 2.31. The molecule has 3 aromatic rings. The quantitative estimate of drug-likeness (QED) is 0.556. The Labute approximate surface area is 167 Å². The molecule has 0 radical (unpaired) electrons. The van der Waals surface area contributed by atoms with Gasteiger partial charge in [0.15, 0.2) is 5.13 Å². The second kappa shape index (κ2) is 7.65. The average Bonchev–Trinajstić information content (AvgIpc) is 3.38. The number of morpholine rings is 1. The number of rotatable bonds is 4. The minimum atomic E-state index is -4.41. The highest BCUT2D eigenvalue weighted by atomic mass is 32.1. The number of thiazole rings is 1. The van der Waals surface area contributed by atoms with Gasteiger partial charge in [0.1, 0.15) is 4.88 Å². The first-order valence-corrected chi connectivity index (χ1v) is 10.2. The zero-order chi connectivity index (χ0) is 19.7. The van der Waals surface area contributed by atoms with Crippen LogP contribution in [-0.2, 0) is 10.9 Å². The van der Waals surface area contributed by atoms with Crippen LogP contribution in [0.25, 0.3) is 11.3 Å². The maximum Gasteiger partial charge on any atom is 0.416 e. The van der Waals surface area contributed by atoms with E-state index in [9.17, 15) is 18.0 Å². The minimum absolute atomic E-state index is 0.165. The fourth-order valence-corrected chi connectivity index (χ4v) is 4.71. The smallest absolute Gasteiger partial charge is 0.378 e. The van der Waals surface area contributed by atoms with Crippen molar-refractivity contribution in [2.75, 3.05) is 31.2 Å². The van der Waals surface area contributed by atoms with Gasteiger partial charge in [0.25, 0.3) is 0 Å². The average molecular weight is 424 g/mol. The van der Waals surface area contributed by atoms with E-state index in [2.05, 4.69) is 4.98 Å². The van der Waals surface area contributed by atoms with Crippen molar-refractivity contribution in [1.29, 1.82) is 0 Å². The largest absolute Gasteiger partial charge is 0.416 e. The van der Waals surface area contributed by atoms with Crippen molar-refractivity contribution in [2.24, 2.45) is 0 Å². The molecule has 0 unspecified atom stereocenters.